The molecule has 0 aliphatic carbocycles. The third-order valence-corrected chi connectivity index (χ3v) is 3.73. The van der Waals surface area contributed by atoms with Crippen LogP contribution < -0.4 is 0 Å². The highest BCUT2D eigenvalue weighted by Gasteiger charge is 2.12. The van der Waals surface area contributed by atoms with Gasteiger partial charge in [-0.25, -0.2) is 0 Å². The number of aryl methyl sites for hydroxylation is 1. The van der Waals surface area contributed by atoms with E-state index in [1.54, 1.807) is 12.1 Å². The van der Waals surface area contributed by atoms with Crippen molar-refractivity contribution in [3.63, 3.8) is 0 Å². The van der Waals surface area contributed by atoms with E-state index in [4.69, 9.17) is 4.55 Å². The van der Waals surface area contributed by atoms with Crippen molar-refractivity contribution in [2.24, 2.45) is 5.92 Å². The monoisotopic (exact) mass is 242 g/mol. The molecule has 0 spiro atoms. The third kappa shape index (κ3) is 3.32. The summed E-state index contributed by atoms with van der Waals surface area (Å²) in [6.07, 6.45) is 1.89. The molecule has 0 fully saturated rings. The van der Waals surface area contributed by atoms with Crippen molar-refractivity contribution >= 4 is 10.1 Å². The topological polar surface area (TPSA) is 54.4 Å². The molecule has 4 heteroatoms. The summed E-state index contributed by atoms with van der Waals surface area (Å²) in [5, 5.41) is 0. The normalized spacial score (nSPS) is 13.8. The molecule has 0 aliphatic heterocycles. The van der Waals surface area contributed by atoms with E-state index in [9.17, 15) is 8.42 Å². The van der Waals surface area contributed by atoms with Crippen LogP contribution in [0.3, 0.4) is 0 Å². The highest BCUT2D eigenvalue weighted by molar-refractivity contribution is 7.85. The fourth-order valence-corrected chi connectivity index (χ4v) is 2.08. The Labute approximate surface area is 97.2 Å². The van der Waals surface area contributed by atoms with Gasteiger partial charge in [0.2, 0.25) is 0 Å². The molecule has 0 aliphatic rings. The molecule has 3 nitrogen and oxygen atoms in total. The van der Waals surface area contributed by atoms with Crippen LogP contribution in [0.4, 0.5) is 0 Å². The summed E-state index contributed by atoms with van der Waals surface area (Å²) >= 11 is 0. The summed E-state index contributed by atoms with van der Waals surface area (Å²) in [5.41, 5.74) is 2.05. The molecule has 0 aromatic heterocycles. The molecule has 16 heavy (non-hydrogen) atoms. The maximum Gasteiger partial charge on any atom is 0.294 e. The predicted molar refractivity (Wildman–Crippen MR) is 64.2 cm³/mol. The predicted octanol–water partition coefficient (Wildman–Crippen LogP) is 2.83. The maximum atomic E-state index is 11.0. The van der Waals surface area contributed by atoms with Gasteiger partial charge in [-0.15, -0.1) is 0 Å². The highest BCUT2D eigenvalue weighted by Crippen LogP contribution is 2.19. The largest absolute Gasteiger partial charge is 0.294 e. The third-order valence-electron chi connectivity index (χ3n) is 2.88. The van der Waals surface area contributed by atoms with Crippen LogP contribution in [0.1, 0.15) is 31.4 Å². The van der Waals surface area contributed by atoms with Gasteiger partial charge in [-0.3, -0.25) is 4.55 Å². The average Bonchev–Trinajstić information content (AvgIpc) is 2.19. The highest BCUT2D eigenvalue weighted by atomic mass is 32.2. The summed E-state index contributed by atoms with van der Waals surface area (Å²) in [4.78, 5) is -0.0172. The molecule has 1 rings (SSSR count). The molecule has 1 aromatic rings. The van der Waals surface area contributed by atoms with Gasteiger partial charge in [0.05, 0.1) is 4.90 Å². The van der Waals surface area contributed by atoms with Gasteiger partial charge in [0.15, 0.2) is 0 Å². The molecule has 0 unspecified atom stereocenters. The Balaban J connectivity index is 3.09. The van der Waals surface area contributed by atoms with Crippen LogP contribution >= 0.6 is 0 Å². The van der Waals surface area contributed by atoms with Crippen LogP contribution in [0.5, 0.6) is 0 Å². The fourth-order valence-electron chi connectivity index (χ4n) is 1.55. The van der Waals surface area contributed by atoms with Crippen molar-refractivity contribution in [1.82, 2.24) is 0 Å². The van der Waals surface area contributed by atoms with Gasteiger partial charge < -0.3 is 0 Å². The van der Waals surface area contributed by atoms with Crippen LogP contribution in [-0.4, -0.2) is 13.0 Å². The van der Waals surface area contributed by atoms with E-state index in [2.05, 4.69) is 13.8 Å². The molecule has 0 heterocycles. The Morgan fingerprint density at radius 2 is 2.00 bits per heavy atom. The molecule has 90 valence electrons. The summed E-state index contributed by atoms with van der Waals surface area (Å²) in [7, 11) is -4.08. The zero-order valence-corrected chi connectivity index (χ0v) is 10.7. The Hall–Kier alpha value is -0.870. The number of hydrogen-bond donors (Lipinski definition) is 1. The van der Waals surface area contributed by atoms with Crippen LogP contribution in [0, 0.1) is 12.8 Å². The van der Waals surface area contributed by atoms with Gasteiger partial charge in [0.1, 0.15) is 0 Å². The molecule has 0 radical (unpaired) electrons. The summed E-state index contributed by atoms with van der Waals surface area (Å²) < 4.78 is 31.0. The number of rotatable bonds is 4. The minimum atomic E-state index is -4.08. The Kier molecular flexibility index (Phi) is 4.10. The van der Waals surface area contributed by atoms with Crippen molar-refractivity contribution in [3.05, 3.63) is 29.3 Å². The maximum absolute atomic E-state index is 11.0. The Morgan fingerprint density at radius 3 is 2.50 bits per heavy atom. The summed E-state index contributed by atoms with van der Waals surface area (Å²) in [6.45, 7) is 6.18. The van der Waals surface area contributed by atoms with Gasteiger partial charge in [-0.05, 0) is 42.5 Å². The SMILES string of the molecule is CC[C@H](C)Cc1cc(S(=O)(=O)O)ccc1C. The standard InChI is InChI=1S/C12H18O3S/c1-4-9(2)7-11-8-12(16(13,14)15)6-5-10(11)3/h5-6,8-9H,4,7H2,1-3H3,(H,13,14,15)/t9-/m0/s1. The first-order valence-corrected chi connectivity index (χ1v) is 6.85. The van der Waals surface area contributed by atoms with E-state index >= 15 is 0 Å². The number of benzene rings is 1. The lowest BCUT2D eigenvalue weighted by Gasteiger charge is -2.12. The first kappa shape index (κ1) is 13.2. The molecule has 1 N–H and O–H groups in total. The van der Waals surface area contributed by atoms with Crippen LogP contribution in [0.25, 0.3) is 0 Å². The molecule has 1 aromatic carbocycles. The quantitative estimate of drug-likeness (QED) is 0.826. The second-order valence-electron chi connectivity index (χ2n) is 4.28. The van der Waals surface area contributed by atoms with Crippen molar-refractivity contribution in [1.29, 1.82) is 0 Å². The minimum Gasteiger partial charge on any atom is -0.282 e. The van der Waals surface area contributed by atoms with Crippen molar-refractivity contribution < 1.29 is 13.0 Å². The zero-order chi connectivity index (χ0) is 12.3. The molecule has 0 saturated heterocycles. The fraction of sp³-hybridized carbons (Fsp3) is 0.500. The van der Waals surface area contributed by atoms with Crippen LogP contribution in [-0.2, 0) is 16.5 Å². The molecule has 0 saturated carbocycles. The first-order valence-electron chi connectivity index (χ1n) is 5.41. The minimum absolute atomic E-state index is 0.0172. The van der Waals surface area contributed by atoms with Gasteiger partial charge in [-0.1, -0.05) is 26.3 Å². The molecule has 1 atom stereocenters. The average molecular weight is 242 g/mol. The van der Waals surface area contributed by atoms with E-state index in [1.165, 1.54) is 6.07 Å². The molecule has 0 bridgehead atoms. The van der Waals surface area contributed by atoms with E-state index in [0.717, 1.165) is 24.0 Å². The smallest absolute Gasteiger partial charge is 0.282 e. The second kappa shape index (κ2) is 4.97. The Morgan fingerprint density at radius 1 is 1.38 bits per heavy atom. The van der Waals surface area contributed by atoms with Crippen molar-refractivity contribution in [2.75, 3.05) is 0 Å². The van der Waals surface area contributed by atoms with Crippen molar-refractivity contribution in [2.45, 2.75) is 38.5 Å². The summed E-state index contributed by atoms with van der Waals surface area (Å²) in [6, 6.07) is 4.74. The van der Waals surface area contributed by atoms with Gasteiger partial charge >= 0.3 is 0 Å². The van der Waals surface area contributed by atoms with E-state index in [-0.39, 0.29) is 4.90 Å². The first-order chi connectivity index (χ1) is 7.34. The lowest BCUT2D eigenvalue weighted by atomic mass is 9.96. The number of hydrogen-bond acceptors (Lipinski definition) is 2. The lowest BCUT2D eigenvalue weighted by Crippen LogP contribution is -2.04. The molecular formula is C12H18O3S. The zero-order valence-electron chi connectivity index (χ0n) is 9.90. The van der Waals surface area contributed by atoms with Gasteiger partial charge in [0.25, 0.3) is 10.1 Å². The van der Waals surface area contributed by atoms with Crippen LogP contribution in [0.15, 0.2) is 23.1 Å². The molecular weight excluding hydrogens is 224 g/mol. The summed E-state index contributed by atoms with van der Waals surface area (Å²) in [5.74, 6) is 0.510. The van der Waals surface area contributed by atoms with Gasteiger partial charge in [0, 0.05) is 0 Å². The van der Waals surface area contributed by atoms with Crippen molar-refractivity contribution in [3.8, 4) is 0 Å². The van der Waals surface area contributed by atoms with E-state index in [1.807, 2.05) is 6.92 Å². The van der Waals surface area contributed by atoms with Crippen LogP contribution in [0.2, 0.25) is 0 Å². The van der Waals surface area contributed by atoms with E-state index in [0.29, 0.717) is 5.92 Å². The second-order valence-corrected chi connectivity index (χ2v) is 5.70. The van der Waals surface area contributed by atoms with Gasteiger partial charge in [-0.2, -0.15) is 8.42 Å². The lowest BCUT2D eigenvalue weighted by molar-refractivity contribution is 0.482. The Bertz CT molecular complexity index is 463. The molecule has 0 amide bonds. The van der Waals surface area contributed by atoms with E-state index < -0.39 is 10.1 Å².